The molecule has 3 aromatic rings. The number of ether oxygens (including phenoxy) is 2. The highest BCUT2D eigenvalue weighted by Gasteiger charge is 2.08. The van der Waals surface area contributed by atoms with E-state index in [9.17, 15) is 14.9 Å². The Morgan fingerprint density at radius 2 is 2.03 bits per heavy atom. The van der Waals surface area contributed by atoms with Crippen LogP contribution in [0, 0.1) is 17.0 Å². The number of aryl methyl sites for hydroxylation is 1. The van der Waals surface area contributed by atoms with Crippen molar-refractivity contribution >= 4 is 17.8 Å². The number of rotatable bonds is 9. The SMILES string of the molecule is COc1cc(/C=N\NC(=O)Cn2nccc2C)ccc1COc1ccc([N+](=O)[O-])cc1. The second-order valence-corrected chi connectivity index (χ2v) is 6.53. The highest BCUT2D eigenvalue weighted by Crippen LogP contribution is 2.23. The molecule has 0 fully saturated rings. The maximum absolute atomic E-state index is 11.9. The maximum Gasteiger partial charge on any atom is 0.269 e. The molecular formula is C21H21N5O5. The number of amides is 1. The number of hydrogen-bond acceptors (Lipinski definition) is 7. The number of nitrogens with one attached hydrogen (secondary N) is 1. The topological polar surface area (TPSA) is 121 Å². The summed E-state index contributed by atoms with van der Waals surface area (Å²) >= 11 is 0. The van der Waals surface area contributed by atoms with Crippen LogP contribution < -0.4 is 14.9 Å². The van der Waals surface area contributed by atoms with Crippen molar-refractivity contribution in [3.8, 4) is 11.5 Å². The minimum absolute atomic E-state index is 0.000388. The van der Waals surface area contributed by atoms with Crippen LogP contribution in [0.3, 0.4) is 0 Å². The van der Waals surface area contributed by atoms with E-state index in [0.717, 1.165) is 16.8 Å². The van der Waals surface area contributed by atoms with Crippen LogP contribution in [0.25, 0.3) is 0 Å². The maximum atomic E-state index is 11.9. The van der Waals surface area contributed by atoms with E-state index in [1.165, 1.54) is 18.3 Å². The summed E-state index contributed by atoms with van der Waals surface area (Å²) in [6, 6.07) is 13.1. The van der Waals surface area contributed by atoms with Crippen molar-refractivity contribution in [2.45, 2.75) is 20.1 Å². The lowest BCUT2D eigenvalue weighted by molar-refractivity contribution is -0.384. The average Bonchev–Trinajstić information content (AvgIpc) is 3.17. The summed E-state index contributed by atoms with van der Waals surface area (Å²) in [4.78, 5) is 22.2. The predicted molar refractivity (Wildman–Crippen MR) is 113 cm³/mol. The molecule has 0 spiro atoms. The quantitative estimate of drug-likeness (QED) is 0.321. The average molecular weight is 423 g/mol. The minimum Gasteiger partial charge on any atom is -0.496 e. The second-order valence-electron chi connectivity index (χ2n) is 6.53. The summed E-state index contributed by atoms with van der Waals surface area (Å²) in [5.74, 6) is 0.806. The summed E-state index contributed by atoms with van der Waals surface area (Å²) < 4.78 is 12.7. The highest BCUT2D eigenvalue weighted by molar-refractivity contribution is 5.83. The van der Waals surface area contributed by atoms with Gasteiger partial charge in [-0.25, -0.2) is 5.43 Å². The van der Waals surface area contributed by atoms with Crippen LogP contribution in [0.15, 0.2) is 59.8 Å². The third-order valence-electron chi connectivity index (χ3n) is 4.38. The number of nitrogens with zero attached hydrogens (tertiary/aromatic N) is 4. The van der Waals surface area contributed by atoms with Crippen LogP contribution >= 0.6 is 0 Å². The van der Waals surface area contributed by atoms with Gasteiger partial charge in [-0.3, -0.25) is 19.6 Å². The van der Waals surface area contributed by atoms with Gasteiger partial charge in [0.1, 0.15) is 24.7 Å². The highest BCUT2D eigenvalue weighted by atomic mass is 16.6. The Morgan fingerprint density at radius 3 is 2.68 bits per heavy atom. The number of carbonyl (C=O) groups is 1. The molecule has 0 saturated carbocycles. The number of carbonyl (C=O) groups excluding carboxylic acids is 1. The van der Waals surface area contributed by atoms with Crippen molar-refractivity contribution in [1.82, 2.24) is 15.2 Å². The molecule has 0 aliphatic rings. The van der Waals surface area contributed by atoms with Crippen molar-refractivity contribution in [1.29, 1.82) is 0 Å². The van der Waals surface area contributed by atoms with Gasteiger partial charge in [-0.2, -0.15) is 10.2 Å². The molecule has 2 aromatic carbocycles. The van der Waals surface area contributed by atoms with Crippen molar-refractivity contribution in [3.05, 3.63) is 81.7 Å². The number of aromatic nitrogens is 2. The fourth-order valence-electron chi connectivity index (χ4n) is 2.70. The lowest BCUT2D eigenvalue weighted by Crippen LogP contribution is -2.24. The molecule has 10 nitrogen and oxygen atoms in total. The monoisotopic (exact) mass is 423 g/mol. The Kier molecular flexibility index (Phi) is 6.94. The largest absolute Gasteiger partial charge is 0.496 e. The van der Waals surface area contributed by atoms with Crippen LogP contribution in [0.4, 0.5) is 5.69 Å². The lowest BCUT2D eigenvalue weighted by Gasteiger charge is -2.11. The molecule has 0 aliphatic heterocycles. The number of hydrogen-bond donors (Lipinski definition) is 1. The van der Waals surface area contributed by atoms with Crippen LogP contribution in [-0.4, -0.2) is 33.9 Å². The van der Waals surface area contributed by atoms with Crippen LogP contribution in [0.5, 0.6) is 11.5 Å². The van der Waals surface area contributed by atoms with Crippen LogP contribution in [-0.2, 0) is 17.9 Å². The Labute approximate surface area is 178 Å². The van der Waals surface area contributed by atoms with Crippen LogP contribution in [0.1, 0.15) is 16.8 Å². The Hall–Kier alpha value is -4.21. The van der Waals surface area contributed by atoms with Gasteiger partial charge in [-0.05, 0) is 36.8 Å². The van der Waals surface area contributed by atoms with E-state index in [1.807, 2.05) is 25.1 Å². The molecule has 31 heavy (non-hydrogen) atoms. The first-order chi connectivity index (χ1) is 15.0. The number of nitro benzene ring substituents is 1. The number of hydrazone groups is 1. The molecule has 1 heterocycles. The summed E-state index contributed by atoms with van der Waals surface area (Å²) in [5.41, 5.74) is 4.87. The van der Waals surface area contributed by atoms with Crippen molar-refractivity contribution in [2.75, 3.05) is 7.11 Å². The Morgan fingerprint density at radius 1 is 1.26 bits per heavy atom. The first-order valence-corrected chi connectivity index (χ1v) is 9.31. The van der Waals surface area contributed by atoms with E-state index in [-0.39, 0.29) is 24.7 Å². The molecule has 0 saturated heterocycles. The number of methoxy groups -OCH3 is 1. The number of benzene rings is 2. The Balaban J connectivity index is 1.57. The smallest absolute Gasteiger partial charge is 0.269 e. The molecule has 1 amide bonds. The molecule has 160 valence electrons. The molecule has 10 heteroatoms. The van der Waals surface area contributed by atoms with Gasteiger partial charge in [-0.1, -0.05) is 12.1 Å². The van der Waals surface area contributed by atoms with Crippen molar-refractivity contribution < 1.29 is 19.2 Å². The van der Waals surface area contributed by atoms with E-state index in [2.05, 4.69) is 15.6 Å². The molecule has 0 radical (unpaired) electrons. The van der Waals surface area contributed by atoms with Crippen molar-refractivity contribution in [2.24, 2.45) is 5.10 Å². The lowest BCUT2D eigenvalue weighted by atomic mass is 10.1. The second kappa shape index (κ2) is 10.0. The third-order valence-corrected chi connectivity index (χ3v) is 4.38. The van der Waals surface area contributed by atoms with Gasteiger partial charge in [-0.15, -0.1) is 0 Å². The Bertz CT molecular complexity index is 1090. The zero-order chi connectivity index (χ0) is 22.2. The van der Waals surface area contributed by atoms with Gasteiger partial charge in [0.05, 0.1) is 18.2 Å². The fourth-order valence-corrected chi connectivity index (χ4v) is 2.70. The predicted octanol–water partition coefficient (Wildman–Crippen LogP) is 2.84. The molecule has 3 rings (SSSR count). The molecule has 0 aliphatic carbocycles. The van der Waals surface area contributed by atoms with Gasteiger partial charge >= 0.3 is 0 Å². The molecule has 0 unspecified atom stereocenters. The van der Waals surface area contributed by atoms with Gasteiger partial charge < -0.3 is 9.47 Å². The van der Waals surface area contributed by atoms with Crippen molar-refractivity contribution in [3.63, 3.8) is 0 Å². The zero-order valence-electron chi connectivity index (χ0n) is 17.0. The van der Waals surface area contributed by atoms with E-state index < -0.39 is 4.92 Å². The number of nitro groups is 1. The first kappa shape index (κ1) is 21.5. The molecule has 0 bridgehead atoms. The van der Waals surface area contributed by atoms with Crippen LogP contribution in [0.2, 0.25) is 0 Å². The molecule has 1 N–H and O–H groups in total. The molecular weight excluding hydrogens is 402 g/mol. The summed E-state index contributed by atoms with van der Waals surface area (Å²) in [6.07, 6.45) is 3.14. The minimum atomic E-state index is -0.464. The normalized spacial score (nSPS) is 10.8. The van der Waals surface area contributed by atoms with E-state index in [4.69, 9.17) is 9.47 Å². The van der Waals surface area contributed by atoms with Gasteiger partial charge in [0.25, 0.3) is 11.6 Å². The van der Waals surface area contributed by atoms with E-state index in [0.29, 0.717) is 11.5 Å². The van der Waals surface area contributed by atoms with Gasteiger partial charge in [0.2, 0.25) is 0 Å². The summed E-state index contributed by atoms with van der Waals surface area (Å²) in [7, 11) is 1.54. The third kappa shape index (κ3) is 5.89. The van der Waals surface area contributed by atoms with E-state index in [1.54, 1.807) is 36.2 Å². The zero-order valence-corrected chi connectivity index (χ0v) is 17.0. The molecule has 1 aromatic heterocycles. The number of non-ortho nitro benzene ring substituents is 1. The summed E-state index contributed by atoms with van der Waals surface area (Å²) in [5, 5.41) is 18.7. The summed E-state index contributed by atoms with van der Waals surface area (Å²) in [6.45, 7) is 2.17. The van der Waals surface area contributed by atoms with Gasteiger partial charge in [0.15, 0.2) is 0 Å². The fraction of sp³-hybridized carbons (Fsp3) is 0.190. The molecule has 0 atom stereocenters. The van der Waals surface area contributed by atoms with E-state index >= 15 is 0 Å². The standard InChI is InChI=1S/C21H21N5O5/c1-15-9-10-23-25(15)13-21(27)24-22-12-16-3-4-17(20(11-16)30-2)14-31-19-7-5-18(6-8-19)26(28)29/h3-12H,13-14H2,1-2H3,(H,24,27)/b22-12-. The van der Waals surface area contributed by atoms with Gasteiger partial charge in [0, 0.05) is 29.6 Å². The first-order valence-electron chi connectivity index (χ1n) is 9.31.